The Morgan fingerprint density at radius 3 is 2.37 bits per heavy atom. The van der Waals surface area contributed by atoms with Gasteiger partial charge in [0.1, 0.15) is 5.76 Å². The van der Waals surface area contributed by atoms with Gasteiger partial charge in [0, 0.05) is 17.5 Å². The Morgan fingerprint density at radius 2 is 1.89 bits per heavy atom. The summed E-state index contributed by atoms with van der Waals surface area (Å²) < 4.78 is 5.36. The van der Waals surface area contributed by atoms with Crippen LogP contribution in [0.3, 0.4) is 0 Å². The van der Waals surface area contributed by atoms with Crippen LogP contribution in [0.5, 0.6) is 0 Å². The Bertz CT molecular complexity index is 606. The number of carbonyl (C=O) groups excluding carboxylic acids is 1. The minimum absolute atomic E-state index is 0.0720. The number of benzene rings is 1. The Kier molecular flexibility index (Phi) is 2.79. The van der Waals surface area contributed by atoms with Gasteiger partial charge in [-0.05, 0) is 37.5 Å². The van der Waals surface area contributed by atoms with E-state index in [4.69, 9.17) is 10.2 Å². The normalized spacial score (nSPS) is 16.3. The number of carbonyl (C=O) groups is 1. The average Bonchev–Trinajstić information content (AvgIpc) is 3.14. The predicted molar refractivity (Wildman–Crippen MR) is 73.3 cm³/mol. The van der Waals surface area contributed by atoms with Crippen molar-refractivity contribution in [1.29, 1.82) is 0 Å². The molecule has 3 heteroatoms. The van der Waals surface area contributed by atoms with Crippen LogP contribution >= 0.6 is 0 Å². The van der Waals surface area contributed by atoms with Crippen molar-refractivity contribution in [2.24, 2.45) is 5.73 Å². The minimum atomic E-state index is -0.0720. The summed E-state index contributed by atoms with van der Waals surface area (Å²) in [7, 11) is 0. The molecule has 1 aromatic heterocycles. The third-order valence-corrected chi connectivity index (χ3v) is 3.97. The van der Waals surface area contributed by atoms with E-state index < -0.39 is 0 Å². The van der Waals surface area contributed by atoms with E-state index in [-0.39, 0.29) is 11.2 Å². The zero-order valence-electron chi connectivity index (χ0n) is 11.0. The first kappa shape index (κ1) is 12.2. The van der Waals surface area contributed by atoms with Gasteiger partial charge in [-0.15, -0.1) is 0 Å². The lowest BCUT2D eigenvalue weighted by molar-refractivity contribution is 0.101. The molecule has 2 N–H and O–H groups in total. The van der Waals surface area contributed by atoms with E-state index in [1.54, 1.807) is 12.1 Å². The topological polar surface area (TPSA) is 56.2 Å². The van der Waals surface area contributed by atoms with Crippen LogP contribution in [0.1, 0.15) is 40.3 Å². The lowest BCUT2D eigenvalue weighted by Crippen LogP contribution is -2.19. The van der Waals surface area contributed by atoms with Gasteiger partial charge in [-0.25, -0.2) is 0 Å². The van der Waals surface area contributed by atoms with Crippen LogP contribution in [-0.4, -0.2) is 12.3 Å². The molecule has 0 amide bonds. The van der Waals surface area contributed by atoms with Crippen molar-refractivity contribution >= 4 is 5.78 Å². The monoisotopic (exact) mass is 255 g/mol. The van der Waals surface area contributed by atoms with E-state index in [1.165, 1.54) is 5.56 Å². The summed E-state index contributed by atoms with van der Waals surface area (Å²) in [6.07, 6.45) is 2.29. The van der Waals surface area contributed by atoms with E-state index in [0.29, 0.717) is 17.9 Å². The standard InChI is InChI=1S/C16H17NO2/c1-11-2-7-14(19-11)15(18)12-3-5-13(6-4-12)16(10-17)8-9-16/h2-7H,8-10,17H2,1H3. The van der Waals surface area contributed by atoms with Crippen LogP contribution < -0.4 is 5.73 Å². The zero-order valence-corrected chi connectivity index (χ0v) is 11.0. The number of rotatable bonds is 4. The summed E-state index contributed by atoms with van der Waals surface area (Å²) in [5, 5.41) is 0. The van der Waals surface area contributed by atoms with Gasteiger partial charge in [-0.3, -0.25) is 4.79 Å². The molecule has 0 radical (unpaired) electrons. The smallest absolute Gasteiger partial charge is 0.228 e. The molecule has 3 nitrogen and oxygen atoms in total. The molecule has 98 valence electrons. The Labute approximate surface area is 112 Å². The van der Waals surface area contributed by atoms with Crippen molar-refractivity contribution < 1.29 is 9.21 Å². The average molecular weight is 255 g/mol. The van der Waals surface area contributed by atoms with Gasteiger partial charge in [0.15, 0.2) is 5.76 Å². The highest BCUT2D eigenvalue weighted by Crippen LogP contribution is 2.47. The molecule has 19 heavy (non-hydrogen) atoms. The molecular formula is C16H17NO2. The van der Waals surface area contributed by atoms with E-state index >= 15 is 0 Å². The van der Waals surface area contributed by atoms with Crippen molar-refractivity contribution in [3.8, 4) is 0 Å². The summed E-state index contributed by atoms with van der Waals surface area (Å²) in [5.41, 5.74) is 7.88. The van der Waals surface area contributed by atoms with Gasteiger partial charge >= 0.3 is 0 Å². The molecule has 0 bridgehead atoms. The molecule has 1 saturated carbocycles. The predicted octanol–water partition coefficient (Wildman–Crippen LogP) is 2.81. The Balaban J connectivity index is 1.85. The molecular weight excluding hydrogens is 238 g/mol. The molecule has 0 unspecified atom stereocenters. The summed E-state index contributed by atoms with van der Waals surface area (Å²) in [6.45, 7) is 2.51. The van der Waals surface area contributed by atoms with E-state index in [9.17, 15) is 4.79 Å². The van der Waals surface area contributed by atoms with Gasteiger partial charge < -0.3 is 10.2 Å². The van der Waals surface area contributed by atoms with Crippen molar-refractivity contribution in [3.05, 3.63) is 59.0 Å². The first-order chi connectivity index (χ1) is 9.14. The van der Waals surface area contributed by atoms with Gasteiger partial charge in [0.25, 0.3) is 0 Å². The fourth-order valence-corrected chi connectivity index (χ4v) is 2.44. The maximum atomic E-state index is 12.2. The van der Waals surface area contributed by atoms with E-state index in [1.807, 2.05) is 31.2 Å². The molecule has 1 aliphatic rings. The summed E-state index contributed by atoms with van der Waals surface area (Å²) in [5.74, 6) is 1.07. The van der Waals surface area contributed by atoms with Crippen LogP contribution in [0.15, 0.2) is 40.8 Å². The minimum Gasteiger partial charge on any atom is -0.458 e. The number of hydrogen-bond donors (Lipinski definition) is 1. The number of aryl methyl sites for hydroxylation is 1. The lowest BCUT2D eigenvalue weighted by atomic mass is 9.94. The molecule has 1 fully saturated rings. The van der Waals surface area contributed by atoms with Crippen molar-refractivity contribution in [1.82, 2.24) is 0 Å². The zero-order chi connectivity index (χ0) is 13.5. The van der Waals surface area contributed by atoms with Crippen LogP contribution in [0.4, 0.5) is 0 Å². The maximum Gasteiger partial charge on any atom is 0.228 e. The summed E-state index contributed by atoms with van der Waals surface area (Å²) >= 11 is 0. The number of furan rings is 1. The second kappa shape index (κ2) is 4.35. The van der Waals surface area contributed by atoms with Crippen LogP contribution in [0, 0.1) is 6.92 Å². The van der Waals surface area contributed by atoms with Gasteiger partial charge in [-0.1, -0.05) is 24.3 Å². The third-order valence-electron chi connectivity index (χ3n) is 3.97. The van der Waals surface area contributed by atoms with Gasteiger partial charge in [0.05, 0.1) is 0 Å². The molecule has 0 saturated heterocycles. The molecule has 1 aliphatic carbocycles. The fourth-order valence-electron chi connectivity index (χ4n) is 2.44. The molecule has 0 aliphatic heterocycles. The highest BCUT2D eigenvalue weighted by atomic mass is 16.3. The fraction of sp³-hybridized carbons (Fsp3) is 0.312. The second-order valence-corrected chi connectivity index (χ2v) is 5.30. The Hall–Kier alpha value is -1.87. The quantitative estimate of drug-likeness (QED) is 0.855. The molecule has 3 rings (SSSR count). The Morgan fingerprint density at radius 1 is 1.21 bits per heavy atom. The van der Waals surface area contributed by atoms with Crippen molar-refractivity contribution in [3.63, 3.8) is 0 Å². The number of hydrogen-bond acceptors (Lipinski definition) is 3. The largest absolute Gasteiger partial charge is 0.458 e. The number of nitrogens with two attached hydrogens (primary N) is 1. The van der Waals surface area contributed by atoms with Crippen LogP contribution in [0.2, 0.25) is 0 Å². The second-order valence-electron chi connectivity index (χ2n) is 5.30. The molecule has 1 heterocycles. The number of ketones is 1. The lowest BCUT2D eigenvalue weighted by Gasteiger charge is -2.12. The van der Waals surface area contributed by atoms with E-state index in [2.05, 4.69) is 0 Å². The van der Waals surface area contributed by atoms with Gasteiger partial charge in [0.2, 0.25) is 5.78 Å². The first-order valence-electron chi connectivity index (χ1n) is 6.56. The van der Waals surface area contributed by atoms with Gasteiger partial charge in [-0.2, -0.15) is 0 Å². The van der Waals surface area contributed by atoms with Crippen molar-refractivity contribution in [2.75, 3.05) is 6.54 Å². The summed E-state index contributed by atoms with van der Waals surface area (Å²) in [6, 6.07) is 11.3. The van der Waals surface area contributed by atoms with E-state index in [0.717, 1.165) is 18.6 Å². The molecule has 0 spiro atoms. The molecule has 1 aromatic carbocycles. The van der Waals surface area contributed by atoms with Crippen LogP contribution in [-0.2, 0) is 5.41 Å². The van der Waals surface area contributed by atoms with Crippen molar-refractivity contribution in [2.45, 2.75) is 25.2 Å². The SMILES string of the molecule is Cc1ccc(C(=O)c2ccc(C3(CN)CC3)cc2)o1. The highest BCUT2D eigenvalue weighted by Gasteiger charge is 2.42. The molecule has 0 atom stereocenters. The molecule has 2 aromatic rings. The first-order valence-corrected chi connectivity index (χ1v) is 6.56. The third kappa shape index (κ3) is 2.10. The highest BCUT2D eigenvalue weighted by molar-refractivity contribution is 6.07. The summed E-state index contributed by atoms with van der Waals surface area (Å²) in [4.78, 5) is 12.2. The maximum absolute atomic E-state index is 12.2. The van der Waals surface area contributed by atoms with Crippen LogP contribution in [0.25, 0.3) is 0 Å².